The fraction of sp³-hybridized carbons (Fsp3) is 0.259. The Morgan fingerprint density at radius 1 is 0.912 bits per heavy atom. The van der Waals surface area contributed by atoms with Crippen molar-refractivity contribution < 1.29 is 18.7 Å². The molecule has 4 aromatic rings. The zero-order valence-corrected chi connectivity index (χ0v) is 19.5. The Kier molecular flexibility index (Phi) is 6.18. The number of nitrogens with zero attached hydrogens (tertiary/aromatic N) is 3. The number of methoxy groups -OCH3 is 3. The van der Waals surface area contributed by atoms with E-state index in [2.05, 4.69) is 51.4 Å². The molecule has 7 nitrogen and oxygen atoms in total. The van der Waals surface area contributed by atoms with E-state index in [0.717, 1.165) is 35.8 Å². The first kappa shape index (κ1) is 22.0. The van der Waals surface area contributed by atoms with Gasteiger partial charge in [0, 0.05) is 12.1 Å². The van der Waals surface area contributed by atoms with E-state index >= 15 is 0 Å². The van der Waals surface area contributed by atoms with Crippen LogP contribution in [0.5, 0.6) is 17.2 Å². The summed E-state index contributed by atoms with van der Waals surface area (Å²) in [5.41, 5.74) is 4.51. The molecule has 2 heterocycles. The van der Waals surface area contributed by atoms with Crippen molar-refractivity contribution in [3.05, 3.63) is 89.3 Å². The number of hydrogen-bond acceptors (Lipinski definition) is 7. The number of ether oxygens (including phenoxy) is 3. The molecule has 0 amide bonds. The predicted molar refractivity (Wildman–Crippen MR) is 128 cm³/mol. The first-order valence-electron chi connectivity index (χ1n) is 11.2. The Morgan fingerprint density at radius 2 is 1.71 bits per heavy atom. The van der Waals surface area contributed by atoms with Crippen LogP contribution in [0.15, 0.2) is 71.3 Å². The molecule has 174 valence electrons. The van der Waals surface area contributed by atoms with Gasteiger partial charge in [0.15, 0.2) is 11.5 Å². The second-order valence-electron chi connectivity index (χ2n) is 8.18. The first-order valence-corrected chi connectivity index (χ1v) is 11.2. The largest absolute Gasteiger partial charge is 0.497 e. The van der Waals surface area contributed by atoms with Crippen LogP contribution in [0, 0.1) is 0 Å². The molecule has 0 saturated heterocycles. The zero-order valence-electron chi connectivity index (χ0n) is 19.5. The summed E-state index contributed by atoms with van der Waals surface area (Å²) >= 11 is 0. The summed E-state index contributed by atoms with van der Waals surface area (Å²) < 4.78 is 22.1. The van der Waals surface area contributed by atoms with Crippen molar-refractivity contribution in [3.8, 4) is 28.6 Å². The van der Waals surface area contributed by atoms with Gasteiger partial charge in [-0.3, -0.25) is 4.90 Å². The number of fused-ring (bicyclic) bond motifs is 1. The van der Waals surface area contributed by atoms with Gasteiger partial charge in [-0.25, -0.2) is 0 Å². The van der Waals surface area contributed by atoms with Crippen molar-refractivity contribution in [3.63, 3.8) is 0 Å². The molecule has 0 saturated carbocycles. The van der Waals surface area contributed by atoms with Gasteiger partial charge in [-0.1, -0.05) is 47.6 Å². The molecule has 0 bridgehead atoms. The molecule has 0 radical (unpaired) electrons. The van der Waals surface area contributed by atoms with Gasteiger partial charge in [0.25, 0.3) is 0 Å². The molecule has 7 heteroatoms. The standard InChI is InChI=1S/C27H27N3O4/c1-31-21-11-7-10-20(14-21)27-28-25(34-29-27)17-30-13-12-19-15-23(32-2)24(33-3)16-22(19)26(30)18-8-5-4-6-9-18/h4-11,14-16,26H,12-13,17H2,1-3H3. The van der Waals surface area contributed by atoms with Gasteiger partial charge in [-0.15, -0.1) is 0 Å². The predicted octanol–water partition coefficient (Wildman–Crippen LogP) is 4.91. The number of rotatable bonds is 7. The normalized spacial score (nSPS) is 15.6. The molecule has 0 fully saturated rings. The van der Waals surface area contributed by atoms with Crippen molar-refractivity contribution >= 4 is 0 Å². The molecule has 1 unspecified atom stereocenters. The minimum absolute atomic E-state index is 0.0249. The lowest BCUT2D eigenvalue weighted by Crippen LogP contribution is -2.35. The van der Waals surface area contributed by atoms with Crippen LogP contribution in [0.25, 0.3) is 11.4 Å². The molecule has 5 rings (SSSR count). The molecule has 1 atom stereocenters. The van der Waals surface area contributed by atoms with E-state index in [-0.39, 0.29) is 6.04 Å². The Balaban J connectivity index is 1.49. The van der Waals surface area contributed by atoms with Crippen LogP contribution in [-0.2, 0) is 13.0 Å². The molecule has 0 aliphatic carbocycles. The minimum Gasteiger partial charge on any atom is -0.497 e. The second-order valence-corrected chi connectivity index (χ2v) is 8.18. The molecule has 0 spiro atoms. The molecular weight excluding hydrogens is 430 g/mol. The SMILES string of the molecule is COc1cccc(-c2noc(CN3CCc4cc(OC)c(OC)cc4C3c3ccccc3)n2)c1. The van der Waals surface area contributed by atoms with Crippen LogP contribution in [0.1, 0.15) is 28.6 Å². The summed E-state index contributed by atoms with van der Waals surface area (Å²) in [6, 6.07) is 22.3. The fourth-order valence-electron chi connectivity index (χ4n) is 4.57. The third kappa shape index (κ3) is 4.22. The second kappa shape index (κ2) is 9.57. The molecular formula is C27H27N3O4. The summed E-state index contributed by atoms with van der Waals surface area (Å²) in [5, 5.41) is 4.21. The maximum atomic E-state index is 5.66. The van der Waals surface area contributed by atoms with Gasteiger partial charge in [0.05, 0.1) is 33.9 Å². The highest BCUT2D eigenvalue weighted by Gasteiger charge is 2.31. The Labute approximate surface area is 198 Å². The van der Waals surface area contributed by atoms with Crippen molar-refractivity contribution in [2.24, 2.45) is 0 Å². The van der Waals surface area contributed by atoms with Gasteiger partial charge in [-0.2, -0.15) is 4.98 Å². The van der Waals surface area contributed by atoms with E-state index in [4.69, 9.17) is 18.7 Å². The lowest BCUT2D eigenvalue weighted by Gasteiger charge is -2.37. The maximum Gasteiger partial charge on any atom is 0.241 e. The smallest absolute Gasteiger partial charge is 0.241 e. The highest BCUT2D eigenvalue weighted by molar-refractivity contribution is 5.57. The Morgan fingerprint density at radius 3 is 2.47 bits per heavy atom. The molecule has 1 aliphatic heterocycles. The van der Waals surface area contributed by atoms with Gasteiger partial charge in [0.1, 0.15) is 5.75 Å². The van der Waals surface area contributed by atoms with Crippen molar-refractivity contribution in [2.75, 3.05) is 27.9 Å². The van der Waals surface area contributed by atoms with E-state index < -0.39 is 0 Å². The number of hydrogen-bond donors (Lipinski definition) is 0. The van der Waals surface area contributed by atoms with E-state index in [0.29, 0.717) is 18.3 Å². The molecule has 0 N–H and O–H groups in total. The van der Waals surface area contributed by atoms with Crippen LogP contribution in [-0.4, -0.2) is 42.9 Å². The lowest BCUT2D eigenvalue weighted by atomic mass is 9.87. The third-order valence-electron chi connectivity index (χ3n) is 6.22. The van der Waals surface area contributed by atoms with Crippen LogP contribution in [0.4, 0.5) is 0 Å². The molecule has 34 heavy (non-hydrogen) atoms. The van der Waals surface area contributed by atoms with Crippen LogP contribution in [0.2, 0.25) is 0 Å². The lowest BCUT2D eigenvalue weighted by molar-refractivity contribution is 0.177. The first-order chi connectivity index (χ1) is 16.7. The summed E-state index contributed by atoms with van der Waals surface area (Å²) in [7, 11) is 4.98. The van der Waals surface area contributed by atoms with Gasteiger partial charge in [-0.05, 0) is 47.4 Å². The van der Waals surface area contributed by atoms with E-state index in [1.54, 1.807) is 21.3 Å². The van der Waals surface area contributed by atoms with Gasteiger partial charge < -0.3 is 18.7 Å². The molecule has 1 aliphatic rings. The third-order valence-corrected chi connectivity index (χ3v) is 6.22. The highest BCUT2D eigenvalue weighted by Crippen LogP contribution is 2.41. The van der Waals surface area contributed by atoms with Crippen LogP contribution >= 0.6 is 0 Å². The topological polar surface area (TPSA) is 69.9 Å². The van der Waals surface area contributed by atoms with E-state index in [1.807, 2.05) is 30.3 Å². The average Bonchev–Trinajstić information content (AvgIpc) is 3.36. The van der Waals surface area contributed by atoms with Gasteiger partial charge >= 0.3 is 0 Å². The highest BCUT2D eigenvalue weighted by atomic mass is 16.5. The van der Waals surface area contributed by atoms with Crippen molar-refractivity contribution in [1.82, 2.24) is 15.0 Å². The van der Waals surface area contributed by atoms with Crippen LogP contribution in [0.3, 0.4) is 0 Å². The number of aromatic nitrogens is 2. The zero-order chi connectivity index (χ0) is 23.5. The van der Waals surface area contributed by atoms with Crippen molar-refractivity contribution in [2.45, 2.75) is 19.0 Å². The van der Waals surface area contributed by atoms with Crippen LogP contribution < -0.4 is 14.2 Å². The Bertz CT molecular complexity index is 1270. The Hall–Kier alpha value is -3.84. The van der Waals surface area contributed by atoms with E-state index in [1.165, 1.54) is 16.7 Å². The average molecular weight is 458 g/mol. The summed E-state index contributed by atoms with van der Waals surface area (Å²) in [4.78, 5) is 7.04. The fourth-order valence-corrected chi connectivity index (χ4v) is 4.57. The number of benzene rings is 3. The minimum atomic E-state index is 0.0249. The maximum absolute atomic E-state index is 5.66. The quantitative estimate of drug-likeness (QED) is 0.391. The summed E-state index contributed by atoms with van der Waals surface area (Å²) in [6.45, 7) is 1.38. The molecule has 1 aromatic heterocycles. The molecule has 3 aromatic carbocycles. The van der Waals surface area contributed by atoms with Gasteiger partial charge in [0.2, 0.25) is 11.7 Å². The monoisotopic (exact) mass is 457 g/mol. The van der Waals surface area contributed by atoms with Crippen molar-refractivity contribution in [1.29, 1.82) is 0 Å². The van der Waals surface area contributed by atoms with E-state index in [9.17, 15) is 0 Å². The summed E-state index contributed by atoms with van der Waals surface area (Å²) in [5.74, 6) is 3.35. The summed E-state index contributed by atoms with van der Waals surface area (Å²) in [6.07, 6.45) is 0.885.